The fraction of sp³-hybridized carbons (Fsp3) is 0.471. The lowest BCUT2D eigenvalue weighted by molar-refractivity contribution is 0.167. The van der Waals surface area contributed by atoms with Crippen LogP contribution in [0, 0.1) is 12.8 Å². The molecule has 4 nitrogen and oxygen atoms in total. The molecule has 2 atom stereocenters. The van der Waals surface area contributed by atoms with Crippen LogP contribution in [0.25, 0.3) is 11.3 Å². The average Bonchev–Trinajstić information content (AvgIpc) is 3.17. The lowest BCUT2D eigenvalue weighted by Gasteiger charge is -2.29. The maximum atomic E-state index is 5.57. The van der Waals surface area contributed by atoms with Gasteiger partial charge in [-0.25, -0.2) is 4.68 Å². The fourth-order valence-electron chi connectivity index (χ4n) is 3.41. The molecule has 4 rings (SSSR count). The Morgan fingerprint density at radius 2 is 2.10 bits per heavy atom. The molecular weight excluding hydrogens is 262 g/mol. The van der Waals surface area contributed by atoms with Crippen LogP contribution in [0.1, 0.15) is 24.4 Å². The minimum atomic E-state index is 0.475. The Labute approximate surface area is 125 Å². The van der Waals surface area contributed by atoms with Crippen LogP contribution in [-0.2, 0) is 4.74 Å². The van der Waals surface area contributed by atoms with Crippen molar-refractivity contribution in [1.82, 2.24) is 9.78 Å². The standard InChI is InChI=1S/C17H21N3O/c1-12-2-4-13(5-3-12)15-10-17-18-8-6-16(20(17)19-15)14-7-9-21-11-14/h2-5,10,14,16,18H,6-9,11H2,1H3. The molecule has 2 aliphatic rings. The van der Waals surface area contributed by atoms with Gasteiger partial charge < -0.3 is 10.1 Å². The molecule has 2 aromatic rings. The van der Waals surface area contributed by atoms with E-state index in [1.165, 1.54) is 11.1 Å². The van der Waals surface area contributed by atoms with Crippen LogP contribution in [0.5, 0.6) is 0 Å². The molecule has 1 fully saturated rings. The molecule has 0 aliphatic carbocycles. The quantitative estimate of drug-likeness (QED) is 0.919. The van der Waals surface area contributed by atoms with Gasteiger partial charge in [0.1, 0.15) is 5.82 Å². The molecule has 0 spiro atoms. The van der Waals surface area contributed by atoms with Crippen LogP contribution >= 0.6 is 0 Å². The van der Waals surface area contributed by atoms with Crippen LogP contribution in [0.4, 0.5) is 5.82 Å². The Morgan fingerprint density at radius 1 is 1.24 bits per heavy atom. The van der Waals surface area contributed by atoms with Gasteiger partial charge in [0, 0.05) is 30.7 Å². The lowest BCUT2D eigenvalue weighted by atomic mass is 9.95. The third-order valence-electron chi connectivity index (χ3n) is 4.65. The Balaban J connectivity index is 1.68. The summed E-state index contributed by atoms with van der Waals surface area (Å²) in [5, 5.41) is 8.35. The van der Waals surface area contributed by atoms with Gasteiger partial charge in [-0.1, -0.05) is 29.8 Å². The van der Waals surface area contributed by atoms with E-state index in [1.807, 2.05) is 0 Å². The van der Waals surface area contributed by atoms with Crippen molar-refractivity contribution in [2.45, 2.75) is 25.8 Å². The van der Waals surface area contributed by atoms with E-state index in [-0.39, 0.29) is 0 Å². The Kier molecular flexibility index (Phi) is 3.19. The summed E-state index contributed by atoms with van der Waals surface area (Å²) in [4.78, 5) is 0. The molecule has 1 aromatic heterocycles. The van der Waals surface area contributed by atoms with Crippen molar-refractivity contribution in [2.24, 2.45) is 5.92 Å². The predicted molar refractivity (Wildman–Crippen MR) is 83.5 cm³/mol. The van der Waals surface area contributed by atoms with Crippen molar-refractivity contribution < 1.29 is 4.74 Å². The van der Waals surface area contributed by atoms with E-state index < -0.39 is 0 Å². The molecule has 2 unspecified atom stereocenters. The highest BCUT2D eigenvalue weighted by Crippen LogP contribution is 2.35. The summed E-state index contributed by atoms with van der Waals surface area (Å²) in [6, 6.07) is 11.2. The van der Waals surface area contributed by atoms with E-state index in [0.29, 0.717) is 12.0 Å². The summed E-state index contributed by atoms with van der Waals surface area (Å²) in [5.74, 6) is 1.75. The molecule has 0 radical (unpaired) electrons. The number of ether oxygens (including phenoxy) is 1. The van der Waals surface area contributed by atoms with E-state index in [9.17, 15) is 0 Å². The number of hydrogen-bond donors (Lipinski definition) is 1. The third kappa shape index (κ3) is 2.33. The second kappa shape index (κ2) is 5.19. The first-order valence-corrected chi connectivity index (χ1v) is 7.79. The molecule has 21 heavy (non-hydrogen) atoms. The highest BCUT2D eigenvalue weighted by Gasteiger charge is 2.31. The van der Waals surface area contributed by atoms with Crippen LogP contribution in [-0.4, -0.2) is 29.5 Å². The number of hydrogen-bond acceptors (Lipinski definition) is 3. The predicted octanol–water partition coefficient (Wildman–Crippen LogP) is 3.25. The number of anilines is 1. The summed E-state index contributed by atoms with van der Waals surface area (Å²) in [5.41, 5.74) is 3.52. The maximum Gasteiger partial charge on any atom is 0.125 e. The largest absolute Gasteiger partial charge is 0.381 e. The first-order valence-electron chi connectivity index (χ1n) is 7.79. The third-order valence-corrected chi connectivity index (χ3v) is 4.65. The summed E-state index contributed by atoms with van der Waals surface area (Å²) < 4.78 is 7.76. The van der Waals surface area contributed by atoms with Gasteiger partial charge in [0.05, 0.1) is 18.3 Å². The number of benzene rings is 1. The fourth-order valence-corrected chi connectivity index (χ4v) is 3.41. The zero-order chi connectivity index (χ0) is 14.2. The van der Waals surface area contributed by atoms with Crippen LogP contribution in [0.2, 0.25) is 0 Å². The number of nitrogens with one attached hydrogen (secondary N) is 1. The van der Waals surface area contributed by atoms with E-state index >= 15 is 0 Å². The van der Waals surface area contributed by atoms with Crippen molar-refractivity contribution in [1.29, 1.82) is 0 Å². The van der Waals surface area contributed by atoms with Crippen molar-refractivity contribution >= 4 is 5.82 Å². The van der Waals surface area contributed by atoms with Crippen LogP contribution in [0.15, 0.2) is 30.3 Å². The van der Waals surface area contributed by atoms with Crippen LogP contribution in [0.3, 0.4) is 0 Å². The van der Waals surface area contributed by atoms with Crippen molar-refractivity contribution in [3.8, 4) is 11.3 Å². The van der Waals surface area contributed by atoms with Gasteiger partial charge >= 0.3 is 0 Å². The molecule has 1 N–H and O–H groups in total. The molecule has 0 amide bonds. The molecule has 110 valence electrons. The normalized spacial score (nSPS) is 24.6. The minimum absolute atomic E-state index is 0.475. The summed E-state index contributed by atoms with van der Waals surface area (Å²) >= 11 is 0. The molecule has 1 saturated heterocycles. The Bertz CT molecular complexity index is 626. The van der Waals surface area contributed by atoms with Crippen molar-refractivity contribution in [3.63, 3.8) is 0 Å². The van der Waals surface area contributed by atoms with Crippen molar-refractivity contribution in [2.75, 3.05) is 25.1 Å². The number of aromatic nitrogens is 2. The summed E-state index contributed by atoms with van der Waals surface area (Å²) in [7, 11) is 0. The van der Waals surface area contributed by atoms with E-state index in [2.05, 4.69) is 47.3 Å². The highest BCUT2D eigenvalue weighted by molar-refractivity contribution is 5.63. The average molecular weight is 283 g/mol. The van der Waals surface area contributed by atoms with Gasteiger partial charge in [-0.2, -0.15) is 5.10 Å². The number of fused-ring (bicyclic) bond motifs is 1. The zero-order valence-corrected chi connectivity index (χ0v) is 12.4. The van der Waals surface area contributed by atoms with E-state index in [1.54, 1.807) is 0 Å². The zero-order valence-electron chi connectivity index (χ0n) is 12.4. The molecule has 0 saturated carbocycles. The number of rotatable bonds is 2. The lowest BCUT2D eigenvalue weighted by Crippen LogP contribution is -2.29. The molecule has 4 heteroatoms. The molecule has 3 heterocycles. The topological polar surface area (TPSA) is 39.1 Å². The molecule has 2 aliphatic heterocycles. The summed E-state index contributed by atoms with van der Waals surface area (Å²) in [6.45, 7) is 4.92. The summed E-state index contributed by atoms with van der Waals surface area (Å²) in [6.07, 6.45) is 2.29. The monoisotopic (exact) mass is 283 g/mol. The van der Waals surface area contributed by atoms with Gasteiger partial charge in [-0.15, -0.1) is 0 Å². The van der Waals surface area contributed by atoms with Crippen LogP contribution < -0.4 is 5.32 Å². The second-order valence-corrected chi connectivity index (χ2v) is 6.13. The SMILES string of the molecule is Cc1ccc(-c2cc3n(n2)C(C2CCOC2)CCN3)cc1. The Morgan fingerprint density at radius 3 is 2.86 bits per heavy atom. The van der Waals surface area contributed by atoms with Gasteiger partial charge in [-0.05, 0) is 19.8 Å². The highest BCUT2D eigenvalue weighted by atomic mass is 16.5. The molecule has 1 aromatic carbocycles. The van der Waals surface area contributed by atoms with Crippen molar-refractivity contribution in [3.05, 3.63) is 35.9 Å². The Hall–Kier alpha value is -1.81. The van der Waals surface area contributed by atoms with E-state index in [0.717, 1.165) is 44.1 Å². The van der Waals surface area contributed by atoms with E-state index in [4.69, 9.17) is 9.84 Å². The first-order chi connectivity index (χ1) is 10.3. The van der Waals surface area contributed by atoms with Gasteiger partial charge in [-0.3, -0.25) is 0 Å². The minimum Gasteiger partial charge on any atom is -0.381 e. The maximum absolute atomic E-state index is 5.57. The first kappa shape index (κ1) is 12.9. The number of nitrogens with zero attached hydrogens (tertiary/aromatic N) is 2. The van der Waals surface area contributed by atoms with Gasteiger partial charge in [0.15, 0.2) is 0 Å². The number of aryl methyl sites for hydroxylation is 1. The second-order valence-electron chi connectivity index (χ2n) is 6.13. The molecule has 0 bridgehead atoms. The van der Waals surface area contributed by atoms with Gasteiger partial charge in [0.25, 0.3) is 0 Å². The van der Waals surface area contributed by atoms with Gasteiger partial charge in [0.2, 0.25) is 0 Å². The smallest absolute Gasteiger partial charge is 0.125 e. The molecular formula is C17H21N3O.